The Bertz CT molecular complexity index is 475. The van der Waals surface area contributed by atoms with Crippen LogP contribution in [-0.4, -0.2) is 54.6 Å². The van der Waals surface area contributed by atoms with Crippen LogP contribution in [0.5, 0.6) is 0 Å². The van der Waals surface area contributed by atoms with Crippen molar-refractivity contribution in [2.75, 3.05) is 31.7 Å². The highest BCUT2D eigenvalue weighted by Gasteiger charge is 2.34. The first-order valence-corrected chi connectivity index (χ1v) is 6.46. The average Bonchev–Trinajstić information content (AvgIpc) is 2.37. The van der Waals surface area contributed by atoms with Crippen LogP contribution >= 0.6 is 0 Å². The van der Waals surface area contributed by atoms with Crippen LogP contribution in [0, 0.1) is 0 Å². The highest BCUT2D eigenvalue weighted by molar-refractivity contribution is 5.90. The molecule has 1 aromatic heterocycles. The van der Waals surface area contributed by atoms with E-state index in [4.69, 9.17) is 15.2 Å². The second-order valence-electron chi connectivity index (χ2n) is 5.48. The summed E-state index contributed by atoms with van der Waals surface area (Å²) in [5.74, 6) is 0.121. The fraction of sp³-hybridized carbons (Fsp3) is 0.615. The van der Waals surface area contributed by atoms with Crippen LogP contribution in [0.4, 0.5) is 5.82 Å². The van der Waals surface area contributed by atoms with E-state index in [1.54, 1.807) is 19.2 Å². The summed E-state index contributed by atoms with van der Waals surface area (Å²) in [4.78, 5) is 13.1. The molecule has 0 radical (unpaired) electrons. The topological polar surface area (TPSA) is 90.6 Å². The summed E-state index contributed by atoms with van der Waals surface area (Å²) in [5.41, 5.74) is 5.02. The number of carbonyl (C=O) groups excluding carboxylic acids is 1. The summed E-state index contributed by atoms with van der Waals surface area (Å²) in [5, 5.41) is 7.90. The molecule has 1 amide bonds. The molecule has 2 rings (SSSR count). The van der Waals surface area contributed by atoms with Gasteiger partial charge in [0.1, 0.15) is 0 Å². The Morgan fingerprint density at radius 2 is 2.30 bits per heavy atom. The number of hydrogen-bond acceptors (Lipinski definition) is 6. The van der Waals surface area contributed by atoms with Crippen LogP contribution in [0.25, 0.3) is 0 Å². The molecular weight excluding hydrogens is 260 g/mol. The van der Waals surface area contributed by atoms with Crippen LogP contribution < -0.4 is 10.6 Å². The largest absolute Gasteiger partial charge is 0.382 e. The third-order valence-electron chi connectivity index (χ3n) is 3.06. The Morgan fingerprint density at radius 1 is 1.55 bits per heavy atom. The molecule has 1 saturated heterocycles. The van der Waals surface area contributed by atoms with Gasteiger partial charge >= 0.3 is 0 Å². The van der Waals surface area contributed by atoms with Crippen LogP contribution in [0.3, 0.4) is 0 Å². The van der Waals surface area contributed by atoms with Gasteiger partial charge in [-0.3, -0.25) is 4.79 Å². The number of carbonyl (C=O) groups is 1. The SMILES string of the molecule is COC[C@@H]1CN(c2ccc(C(N)=O)nn2)CC(C)(C)O1. The standard InChI is InChI=1S/C13H20N4O3/c1-13(2)8-17(6-9(20-13)7-19-3)11-5-4-10(12(14)18)15-16-11/h4-5,9H,6-8H2,1-3H3,(H2,14,18)/t9-/m0/s1. The van der Waals surface area contributed by atoms with Crippen LogP contribution in [-0.2, 0) is 9.47 Å². The summed E-state index contributed by atoms with van der Waals surface area (Å²) in [6.07, 6.45) is -0.0265. The lowest BCUT2D eigenvalue weighted by molar-refractivity contribution is -0.106. The van der Waals surface area contributed by atoms with Gasteiger partial charge in [-0.2, -0.15) is 0 Å². The zero-order valence-corrected chi connectivity index (χ0v) is 12.0. The average molecular weight is 280 g/mol. The first-order valence-electron chi connectivity index (χ1n) is 6.46. The molecule has 2 N–H and O–H groups in total. The Kier molecular flexibility index (Phi) is 4.20. The number of primary amides is 1. The Balaban J connectivity index is 2.15. The lowest BCUT2D eigenvalue weighted by atomic mass is 10.1. The van der Waals surface area contributed by atoms with E-state index in [2.05, 4.69) is 15.1 Å². The van der Waals surface area contributed by atoms with E-state index in [0.29, 0.717) is 25.5 Å². The maximum atomic E-state index is 11.0. The predicted molar refractivity (Wildman–Crippen MR) is 73.6 cm³/mol. The fourth-order valence-corrected chi connectivity index (χ4v) is 2.37. The number of morpholine rings is 1. The van der Waals surface area contributed by atoms with Gasteiger partial charge in [0.2, 0.25) is 0 Å². The molecule has 0 saturated carbocycles. The number of nitrogens with zero attached hydrogens (tertiary/aromatic N) is 3. The maximum absolute atomic E-state index is 11.0. The monoisotopic (exact) mass is 280 g/mol. The molecule has 0 bridgehead atoms. The fourth-order valence-electron chi connectivity index (χ4n) is 2.37. The molecule has 0 aromatic carbocycles. The van der Waals surface area contributed by atoms with Crippen molar-refractivity contribution in [3.05, 3.63) is 17.8 Å². The minimum absolute atomic E-state index is 0.0265. The van der Waals surface area contributed by atoms with Gasteiger partial charge in [0.25, 0.3) is 5.91 Å². The Morgan fingerprint density at radius 3 is 2.85 bits per heavy atom. The van der Waals surface area contributed by atoms with Gasteiger partial charge < -0.3 is 20.1 Å². The molecule has 7 nitrogen and oxygen atoms in total. The lowest BCUT2D eigenvalue weighted by Gasteiger charge is -2.43. The number of hydrogen-bond donors (Lipinski definition) is 1. The molecule has 20 heavy (non-hydrogen) atoms. The minimum atomic E-state index is -0.580. The molecule has 1 atom stereocenters. The molecule has 1 fully saturated rings. The van der Waals surface area contributed by atoms with Crippen LogP contribution in [0.1, 0.15) is 24.3 Å². The first-order chi connectivity index (χ1) is 9.41. The maximum Gasteiger partial charge on any atom is 0.269 e. The molecule has 1 aromatic rings. The van der Waals surface area contributed by atoms with Gasteiger partial charge in [0, 0.05) is 20.2 Å². The van der Waals surface area contributed by atoms with E-state index in [-0.39, 0.29) is 17.4 Å². The minimum Gasteiger partial charge on any atom is -0.382 e. The van der Waals surface area contributed by atoms with E-state index in [9.17, 15) is 4.79 Å². The molecule has 0 aliphatic carbocycles. The van der Waals surface area contributed by atoms with Crippen molar-refractivity contribution in [2.24, 2.45) is 5.73 Å². The molecule has 0 spiro atoms. The first kappa shape index (κ1) is 14.7. The number of methoxy groups -OCH3 is 1. The van der Waals surface area contributed by atoms with Crippen molar-refractivity contribution in [2.45, 2.75) is 25.6 Å². The number of anilines is 1. The van der Waals surface area contributed by atoms with Crippen molar-refractivity contribution in [1.82, 2.24) is 10.2 Å². The van der Waals surface area contributed by atoms with Gasteiger partial charge in [0.05, 0.1) is 18.3 Å². The predicted octanol–water partition coefficient (Wildman–Crippen LogP) is 0.206. The van der Waals surface area contributed by atoms with E-state index in [1.807, 2.05) is 13.8 Å². The normalized spacial score (nSPS) is 21.8. The molecule has 0 unspecified atom stereocenters. The summed E-state index contributed by atoms with van der Waals surface area (Å²) >= 11 is 0. The van der Waals surface area contributed by atoms with Gasteiger partial charge in [0.15, 0.2) is 11.5 Å². The summed E-state index contributed by atoms with van der Waals surface area (Å²) in [6, 6.07) is 3.33. The third kappa shape index (κ3) is 3.43. The summed E-state index contributed by atoms with van der Waals surface area (Å²) in [7, 11) is 1.65. The van der Waals surface area contributed by atoms with Crippen molar-refractivity contribution in [3.63, 3.8) is 0 Å². The second-order valence-corrected chi connectivity index (χ2v) is 5.48. The van der Waals surface area contributed by atoms with E-state index < -0.39 is 5.91 Å². The number of ether oxygens (including phenoxy) is 2. The number of nitrogens with two attached hydrogens (primary N) is 1. The number of rotatable bonds is 4. The molecule has 2 heterocycles. The highest BCUT2D eigenvalue weighted by atomic mass is 16.5. The van der Waals surface area contributed by atoms with Crippen molar-refractivity contribution in [3.8, 4) is 0 Å². The molecular formula is C13H20N4O3. The van der Waals surface area contributed by atoms with Crippen LogP contribution in [0.2, 0.25) is 0 Å². The second kappa shape index (κ2) is 5.72. The van der Waals surface area contributed by atoms with Crippen molar-refractivity contribution >= 4 is 11.7 Å². The smallest absolute Gasteiger partial charge is 0.269 e. The third-order valence-corrected chi connectivity index (χ3v) is 3.06. The van der Waals surface area contributed by atoms with Crippen LogP contribution in [0.15, 0.2) is 12.1 Å². The molecule has 7 heteroatoms. The lowest BCUT2D eigenvalue weighted by Crippen LogP contribution is -2.54. The molecule has 1 aliphatic rings. The molecule has 1 aliphatic heterocycles. The Labute approximate surface area is 118 Å². The highest BCUT2D eigenvalue weighted by Crippen LogP contribution is 2.24. The number of aromatic nitrogens is 2. The van der Waals surface area contributed by atoms with Gasteiger partial charge in [-0.05, 0) is 26.0 Å². The summed E-state index contributed by atoms with van der Waals surface area (Å²) < 4.78 is 11.1. The molecule has 110 valence electrons. The van der Waals surface area contributed by atoms with E-state index in [0.717, 1.165) is 0 Å². The van der Waals surface area contributed by atoms with E-state index >= 15 is 0 Å². The zero-order chi connectivity index (χ0) is 14.8. The van der Waals surface area contributed by atoms with Gasteiger partial charge in [-0.15, -0.1) is 10.2 Å². The zero-order valence-electron chi connectivity index (χ0n) is 12.0. The van der Waals surface area contributed by atoms with Crippen molar-refractivity contribution in [1.29, 1.82) is 0 Å². The van der Waals surface area contributed by atoms with Crippen molar-refractivity contribution < 1.29 is 14.3 Å². The Hall–Kier alpha value is -1.73. The van der Waals surface area contributed by atoms with E-state index in [1.165, 1.54) is 0 Å². The quantitative estimate of drug-likeness (QED) is 0.847. The summed E-state index contributed by atoms with van der Waals surface area (Å²) in [6.45, 7) is 5.92. The van der Waals surface area contributed by atoms with Gasteiger partial charge in [-0.25, -0.2) is 0 Å². The number of amides is 1. The van der Waals surface area contributed by atoms with Gasteiger partial charge in [-0.1, -0.05) is 0 Å².